The van der Waals surface area contributed by atoms with Crippen molar-refractivity contribution >= 4 is 5.69 Å². The van der Waals surface area contributed by atoms with E-state index < -0.39 is 6.29 Å². The molecule has 0 radical (unpaired) electrons. The minimum absolute atomic E-state index is 0.405. The molecule has 0 saturated carbocycles. The van der Waals surface area contributed by atoms with Gasteiger partial charge in [-0.2, -0.15) is 0 Å². The highest BCUT2D eigenvalue weighted by atomic mass is 15.4. The zero-order chi connectivity index (χ0) is 8.10. The molecule has 0 bridgehead atoms. The predicted molar refractivity (Wildman–Crippen MR) is 45.4 cm³/mol. The third-order valence-electron chi connectivity index (χ3n) is 1.28. The van der Waals surface area contributed by atoms with Crippen LogP contribution in [0.4, 0.5) is 5.69 Å². The van der Waals surface area contributed by atoms with E-state index in [2.05, 4.69) is 10.7 Å². The Balaban J connectivity index is 2.51. The van der Waals surface area contributed by atoms with Crippen molar-refractivity contribution < 1.29 is 0 Å². The molecule has 0 aliphatic rings. The van der Waals surface area contributed by atoms with Crippen molar-refractivity contribution in [2.24, 2.45) is 11.6 Å². The van der Waals surface area contributed by atoms with Gasteiger partial charge in [0.1, 0.15) is 6.29 Å². The Bertz CT molecular complexity index is 199. The fraction of sp³-hybridized carbons (Fsp3) is 0.143. The van der Waals surface area contributed by atoms with Crippen LogP contribution in [0.15, 0.2) is 30.3 Å². The lowest BCUT2D eigenvalue weighted by atomic mass is 10.3. The molecular weight excluding hydrogens is 140 g/mol. The maximum absolute atomic E-state index is 5.46. The summed E-state index contributed by atoms with van der Waals surface area (Å²) in [6, 6.07) is 9.61. The first-order chi connectivity index (χ1) is 5.33. The van der Waals surface area contributed by atoms with Crippen molar-refractivity contribution in [1.82, 2.24) is 5.43 Å². The summed E-state index contributed by atoms with van der Waals surface area (Å²) in [7, 11) is 0. The molecule has 1 rings (SSSR count). The van der Waals surface area contributed by atoms with Gasteiger partial charge in [-0.15, -0.1) is 0 Å². The molecule has 6 N–H and O–H groups in total. The number of benzene rings is 1. The summed E-state index contributed by atoms with van der Waals surface area (Å²) in [5.74, 6) is 5.08. The van der Waals surface area contributed by atoms with Gasteiger partial charge in [-0.1, -0.05) is 18.2 Å². The van der Waals surface area contributed by atoms with Crippen LogP contribution in [-0.2, 0) is 0 Å². The van der Waals surface area contributed by atoms with Crippen LogP contribution in [0.3, 0.4) is 0 Å². The second kappa shape index (κ2) is 3.92. The molecule has 0 saturated heterocycles. The van der Waals surface area contributed by atoms with Gasteiger partial charge in [0, 0.05) is 5.69 Å². The van der Waals surface area contributed by atoms with E-state index in [-0.39, 0.29) is 0 Å². The molecule has 1 aromatic rings. The summed E-state index contributed by atoms with van der Waals surface area (Å²) in [6.45, 7) is 0. The molecule has 0 aliphatic heterocycles. The molecule has 60 valence electrons. The molecule has 0 aliphatic carbocycles. The van der Waals surface area contributed by atoms with Crippen molar-refractivity contribution in [1.29, 1.82) is 0 Å². The molecule has 11 heavy (non-hydrogen) atoms. The highest BCUT2D eigenvalue weighted by Crippen LogP contribution is 2.03. The van der Waals surface area contributed by atoms with Crippen LogP contribution in [0.1, 0.15) is 0 Å². The number of hydrogen-bond acceptors (Lipinski definition) is 4. The number of hydrazine groups is 1. The van der Waals surface area contributed by atoms with Crippen LogP contribution >= 0.6 is 0 Å². The summed E-state index contributed by atoms with van der Waals surface area (Å²) in [4.78, 5) is 0. The highest BCUT2D eigenvalue weighted by Gasteiger charge is 1.95. The number of rotatable bonds is 3. The normalized spacial score (nSPS) is 12.5. The molecule has 4 nitrogen and oxygen atoms in total. The lowest BCUT2D eigenvalue weighted by Crippen LogP contribution is -2.47. The lowest BCUT2D eigenvalue weighted by Gasteiger charge is -2.12. The molecule has 0 heterocycles. The molecule has 0 amide bonds. The van der Waals surface area contributed by atoms with Crippen LogP contribution in [0.5, 0.6) is 0 Å². The second-order valence-electron chi connectivity index (χ2n) is 2.15. The van der Waals surface area contributed by atoms with Crippen LogP contribution in [-0.4, -0.2) is 6.29 Å². The second-order valence-corrected chi connectivity index (χ2v) is 2.15. The summed E-state index contributed by atoms with van der Waals surface area (Å²) < 4.78 is 0. The summed E-state index contributed by atoms with van der Waals surface area (Å²) in [6.07, 6.45) is -0.405. The fourth-order valence-corrected chi connectivity index (χ4v) is 0.756. The van der Waals surface area contributed by atoms with Gasteiger partial charge in [0.15, 0.2) is 0 Å². The van der Waals surface area contributed by atoms with E-state index in [1.54, 1.807) is 0 Å². The minimum atomic E-state index is -0.405. The van der Waals surface area contributed by atoms with Gasteiger partial charge >= 0.3 is 0 Å². The van der Waals surface area contributed by atoms with Crippen LogP contribution in [0, 0.1) is 0 Å². The number of nitrogens with one attached hydrogen (secondary N) is 2. The first-order valence-electron chi connectivity index (χ1n) is 3.36. The van der Waals surface area contributed by atoms with Crippen molar-refractivity contribution in [3.63, 3.8) is 0 Å². The SMILES string of the molecule is NN[C@H](N)Nc1ccccc1. The van der Waals surface area contributed by atoms with Crippen molar-refractivity contribution in [3.8, 4) is 0 Å². The van der Waals surface area contributed by atoms with Crippen molar-refractivity contribution in [2.75, 3.05) is 5.32 Å². The summed E-state index contributed by atoms with van der Waals surface area (Å²) >= 11 is 0. The predicted octanol–water partition coefficient (Wildman–Crippen LogP) is -0.196. The summed E-state index contributed by atoms with van der Waals surface area (Å²) in [5, 5.41) is 2.93. The third-order valence-corrected chi connectivity index (χ3v) is 1.28. The monoisotopic (exact) mass is 152 g/mol. The van der Waals surface area contributed by atoms with Gasteiger partial charge < -0.3 is 5.32 Å². The topological polar surface area (TPSA) is 76.1 Å². The molecule has 0 spiro atoms. The Morgan fingerprint density at radius 1 is 1.18 bits per heavy atom. The average molecular weight is 152 g/mol. The lowest BCUT2D eigenvalue weighted by molar-refractivity contribution is 0.605. The van der Waals surface area contributed by atoms with Gasteiger partial charge in [-0.05, 0) is 12.1 Å². The largest absolute Gasteiger partial charge is 0.357 e. The Morgan fingerprint density at radius 2 is 1.82 bits per heavy atom. The number of nitrogens with two attached hydrogens (primary N) is 2. The molecular formula is C7H12N4. The Hall–Kier alpha value is -1.10. The Labute approximate surface area is 65.5 Å². The molecule has 1 atom stereocenters. The number of para-hydroxylation sites is 1. The standard InChI is InChI=1S/C7H12N4/c8-7(11-9)10-6-4-2-1-3-5-6/h1-5,7,10-11H,8-9H2/t7-/m1/s1. The molecule has 4 heteroatoms. The van der Waals surface area contributed by atoms with E-state index in [0.29, 0.717) is 0 Å². The van der Waals surface area contributed by atoms with Gasteiger partial charge in [-0.25, -0.2) is 5.43 Å². The third kappa shape index (κ3) is 2.55. The number of anilines is 1. The first-order valence-corrected chi connectivity index (χ1v) is 3.36. The van der Waals surface area contributed by atoms with Crippen molar-refractivity contribution in [3.05, 3.63) is 30.3 Å². The summed E-state index contributed by atoms with van der Waals surface area (Å²) in [5.41, 5.74) is 8.78. The zero-order valence-electron chi connectivity index (χ0n) is 6.12. The van der Waals surface area contributed by atoms with E-state index in [1.165, 1.54) is 0 Å². The van der Waals surface area contributed by atoms with Crippen LogP contribution in [0.2, 0.25) is 0 Å². The smallest absolute Gasteiger partial charge is 0.142 e. The maximum atomic E-state index is 5.46. The molecule has 0 unspecified atom stereocenters. The minimum Gasteiger partial charge on any atom is -0.357 e. The fourth-order valence-electron chi connectivity index (χ4n) is 0.756. The van der Waals surface area contributed by atoms with Gasteiger partial charge in [-0.3, -0.25) is 11.6 Å². The quantitative estimate of drug-likeness (QED) is 0.275. The van der Waals surface area contributed by atoms with E-state index in [9.17, 15) is 0 Å². The van der Waals surface area contributed by atoms with E-state index in [1.807, 2.05) is 30.3 Å². The van der Waals surface area contributed by atoms with E-state index in [4.69, 9.17) is 11.6 Å². The zero-order valence-corrected chi connectivity index (χ0v) is 6.12. The molecule has 1 aromatic carbocycles. The van der Waals surface area contributed by atoms with Gasteiger partial charge in [0.05, 0.1) is 0 Å². The van der Waals surface area contributed by atoms with Crippen LogP contribution in [0.25, 0.3) is 0 Å². The molecule has 0 fully saturated rings. The molecule has 0 aromatic heterocycles. The highest BCUT2D eigenvalue weighted by molar-refractivity contribution is 5.42. The van der Waals surface area contributed by atoms with E-state index in [0.717, 1.165) is 5.69 Å². The Morgan fingerprint density at radius 3 is 2.36 bits per heavy atom. The first kappa shape index (κ1) is 8.00. The average Bonchev–Trinajstić information content (AvgIpc) is 2.06. The number of hydrogen-bond donors (Lipinski definition) is 4. The van der Waals surface area contributed by atoms with Crippen molar-refractivity contribution in [2.45, 2.75) is 6.29 Å². The maximum Gasteiger partial charge on any atom is 0.142 e. The van der Waals surface area contributed by atoms with E-state index >= 15 is 0 Å². The van der Waals surface area contributed by atoms with Gasteiger partial charge in [0.25, 0.3) is 0 Å². The van der Waals surface area contributed by atoms with Crippen LogP contribution < -0.4 is 22.3 Å². The Kier molecular flexibility index (Phi) is 2.85. The van der Waals surface area contributed by atoms with Gasteiger partial charge in [0.2, 0.25) is 0 Å².